The molecule has 0 heterocycles. The van der Waals surface area contributed by atoms with Gasteiger partial charge < -0.3 is 15.6 Å². The first-order valence-corrected chi connectivity index (χ1v) is 8.83. The molecule has 1 aromatic rings. The van der Waals surface area contributed by atoms with Crippen LogP contribution in [0.25, 0.3) is 0 Å². The van der Waals surface area contributed by atoms with Gasteiger partial charge in [0.15, 0.2) is 4.90 Å². The van der Waals surface area contributed by atoms with Crippen molar-refractivity contribution >= 4 is 23.0 Å². The fourth-order valence-electron chi connectivity index (χ4n) is 2.27. The molecule has 2 saturated carbocycles. The third-order valence-corrected chi connectivity index (χ3v) is 5.98. The van der Waals surface area contributed by atoms with E-state index < -0.39 is 17.3 Å². The minimum Gasteiger partial charge on any atom is -0.593 e. The molecule has 4 N–H and O–H groups in total. The lowest BCUT2D eigenvalue weighted by Crippen LogP contribution is -2.34. The highest BCUT2D eigenvalue weighted by atomic mass is 32.2. The van der Waals surface area contributed by atoms with E-state index in [0.717, 1.165) is 25.1 Å². The molecule has 0 saturated heterocycles. The van der Waals surface area contributed by atoms with Gasteiger partial charge in [0, 0.05) is 18.3 Å². The third kappa shape index (κ3) is 3.56. The first kappa shape index (κ1) is 15.6. The molecule has 2 aliphatic carbocycles. The van der Waals surface area contributed by atoms with Gasteiger partial charge in [-0.1, -0.05) is 6.92 Å². The van der Waals surface area contributed by atoms with Crippen LogP contribution in [0.2, 0.25) is 0 Å². The van der Waals surface area contributed by atoms with Crippen LogP contribution in [-0.4, -0.2) is 22.5 Å². The second-order valence-electron chi connectivity index (χ2n) is 7.17. The van der Waals surface area contributed by atoms with E-state index in [1.165, 1.54) is 12.8 Å². The van der Waals surface area contributed by atoms with E-state index in [1.807, 2.05) is 6.92 Å². The number of hydrogen-bond acceptors (Lipinski definition) is 4. The van der Waals surface area contributed by atoms with Gasteiger partial charge in [-0.05, 0) is 50.2 Å². The van der Waals surface area contributed by atoms with Crippen molar-refractivity contribution in [3.63, 3.8) is 0 Å². The van der Waals surface area contributed by atoms with Gasteiger partial charge in [0.1, 0.15) is 0 Å². The number of anilines is 1. The average molecular weight is 321 g/mol. The molecule has 1 atom stereocenters. The number of primary amides is 1. The Balaban J connectivity index is 1.75. The standard InChI is InChI=1S/C16H23N3O2S/c1-15(5-6-15)10-18-13-4-3-11(9-12(13)14(17)20)22(21)19-16(2)7-8-16/h3-4,9,18-19H,5-8,10H2,1-2H3,(H2,17,20). The van der Waals surface area contributed by atoms with Gasteiger partial charge in [0.2, 0.25) is 0 Å². The van der Waals surface area contributed by atoms with Crippen LogP contribution < -0.4 is 15.8 Å². The Kier molecular flexibility index (Phi) is 3.87. The molecule has 3 rings (SSSR count). The Morgan fingerprint density at radius 3 is 2.55 bits per heavy atom. The summed E-state index contributed by atoms with van der Waals surface area (Å²) in [5.74, 6) is -0.500. The molecule has 1 unspecified atom stereocenters. The number of nitrogens with one attached hydrogen (secondary N) is 2. The normalized spacial score (nSPS) is 22.0. The molecule has 0 radical (unpaired) electrons. The summed E-state index contributed by atoms with van der Waals surface area (Å²) in [5, 5.41) is 3.30. The maximum Gasteiger partial charge on any atom is 0.250 e. The van der Waals surface area contributed by atoms with Crippen LogP contribution in [0.5, 0.6) is 0 Å². The van der Waals surface area contributed by atoms with E-state index in [1.54, 1.807) is 18.2 Å². The molecule has 120 valence electrons. The average Bonchev–Trinajstić information content (AvgIpc) is 3.37. The van der Waals surface area contributed by atoms with E-state index in [2.05, 4.69) is 17.0 Å². The van der Waals surface area contributed by atoms with Gasteiger partial charge in [0.05, 0.1) is 22.5 Å². The summed E-state index contributed by atoms with van der Waals surface area (Å²) < 4.78 is 15.4. The van der Waals surface area contributed by atoms with Gasteiger partial charge >= 0.3 is 0 Å². The van der Waals surface area contributed by atoms with Crippen LogP contribution >= 0.6 is 0 Å². The van der Waals surface area contributed by atoms with Crippen molar-refractivity contribution < 1.29 is 9.35 Å². The maximum absolute atomic E-state index is 12.3. The molecule has 0 aromatic heterocycles. The van der Waals surface area contributed by atoms with Crippen LogP contribution in [0.4, 0.5) is 5.69 Å². The topological polar surface area (TPSA) is 90.2 Å². The zero-order valence-corrected chi connectivity index (χ0v) is 13.9. The molecule has 1 aromatic carbocycles. The van der Waals surface area contributed by atoms with Gasteiger partial charge in [-0.3, -0.25) is 4.79 Å². The summed E-state index contributed by atoms with van der Waals surface area (Å²) in [6, 6.07) is 5.23. The van der Waals surface area contributed by atoms with Crippen LogP contribution in [0, 0.1) is 5.41 Å². The predicted octanol–water partition coefficient (Wildman–Crippen LogP) is 2.16. The van der Waals surface area contributed by atoms with Crippen molar-refractivity contribution in [1.82, 2.24) is 4.72 Å². The van der Waals surface area contributed by atoms with Crippen molar-refractivity contribution in [3.05, 3.63) is 23.8 Å². The highest BCUT2D eigenvalue weighted by Gasteiger charge is 2.42. The zero-order chi connectivity index (χ0) is 16.0. The molecule has 0 spiro atoms. The Labute approximate surface area is 134 Å². The van der Waals surface area contributed by atoms with Crippen LogP contribution in [0.15, 0.2) is 23.1 Å². The van der Waals surface area contributed by atoms with Gasteiger partial charge in [-0.15, -0.1) is 4.72 Å². The molecule has 2 aliphatic rings. The quantitative estimate of drug-likeness (QED) is 0.671. The summed E-state index contributed by atoms with van der Waals surface area (Å²) in [6.07, 6.45) is 4.46. The Hall–Kier alpha value is -1.24. The molecule has 2 fully saturated rings. The molecule has 0 bridgehead atoms. The number of nitrogens with two attached hydrogens (primary N) is 1. The molecule has 1 amide bonds. The van der Waals surface area contributed by atoms with Crippen molar-refractivity contribution in [3.8, 4) is 0 Å². The summed E-state index contributed by atoms with van der Waals surface area (Å²) in [6.45, 7) is 5.09. The molecule has 0 aliphatic heterocycles. The van der Waals surface area contributed by atoms with Crippen molar-refractivity contribution in [2.24, 2.45) is 11.1 Å². The monoisotopic (exact) mass is 321 g/mol. The summed E-state index contributed by atoms with van der Waals surface area (Å²) >= 11 is -1.32. The SMILES string of the molecule is CC1(CNc2ccc([S+]([O-])NC3(C)CC3)cc2C(N)=O)CC1. The van der Waals surface area contributed by atoms with Gasteiger partial charge in [-0.25, -0.2) is 0 Å². The molecular weight excluding hydrogens is 298 g/mol. The highest BCUT2D eigenvalue weighted by molar-refractivity contribution is 7.89. The second-order valence-corrected chi connectivity index (χ2v) is 8.38. The number of hydrogen-bond donors (Lipinski definition) is 3. The zero-order valence-electron chi connectivity index (χ0n) is 13.1. The Bertz CT molecular complexity index is 597. The van der Waals surface area contributed by atoms with E-state index in [0.29, 0.717) is 15.9 Å². The van der Waals surface area contributed by atoms with Crippen molar-refractivity contribution in [1.29, 1.82) is 0 Å². The minimum atomic E-state index is -1.32. The molecule has 6 heteroatoms. The maximum atomic E-state index is 12.3. The van der Waals surface area contributed by atoms with E-state index in [9.17, 15) is 9.35 Å². The van der Waals surface area contributed by atoms with Crippen LogP contribution in [0.3, 0.4) is 0 Å². The fraction of sp³-hybridized carbons (Fsp3) is 0.562. The van der Waals surface area contributed by atoms with Crippen LogP contribution in [-0.2, 0) is 11.4 Å². The predicted molar refractivity (Wildman–Crippen MR) is 88.0 cm³/mol. The molecule has 5 nitrogen and oxygen atoms in total. The number of carbonyl (C=O) groups excluding carboxylic acids is 1. The summed E-state index contributed by atoms with van der Waals surface area (Å²) in [5.41, 5.74) is 6.90. The lowest BCUT2D eigenvalue weighted by atomic mass is 10.1. The number of benzene rings is 1. The van der Waals surface area contributed by atoms with Gasteiger partial charge in [-0.2, -0.15) is 0 Å². The van der Waals surface area contributed by atoms with Crippen LogP contribution in [0.1, 0.15) is 49.9 Å². The Morgan fingerprint density at radius 2 is 2.00 bits per heavy atom. The highest BCUT2D eigenvalue weighted by Crippen LogP contribution is 2.45. The Morgan fingerprint density at radius 1 is 1.32 bits per heavy atom. The molecular formula is C16H23N3O2S. The lowest BCUT2D eigenvalue weighted by molar-refractivity contribution is 0.100. The molecule has 22 heavy (non-hydrogen) atoms. The number of amides is 1. The second kappa shape index (κ2) is 5.44. The van der Waals surface area contributed by atoms with Crippen molar-refractivity contribution in [2.75, 3.05) is 11.9 Å². The smallest absolute Gasteiger partial charge is 0.250 e. The van der Waals surface area contributed by atoms with E-state index in [4.69, 9.17) is 5.73 Å². The fourth-order valence-corrected chi connectivity index (χ4v) is 3.45. The lowest BCUT2D eigenvalue weighted by Gasteiger charge is -2.17. The third-order valence-electron chi connectivity index (χ3n) is 4.62. The van der Waals surface area contributed by atoms with E-state index in [-0.39, 0.29) is 5.54 Å². The van der Waals surface area contributed by atoms with Crippen molar-refractivity contribution in [2.45, 2.75) is 50.0 Å². The number of rotatable bonds is 7. The van der Waals surface area contributed by atoms with E-state index >= 15 is 0 Å². The summed E-state index contributed by atoms with van der Waals surface area (Å²) in [7, 11) is 0. The minimum absolute atomic E-state index is 0.0325. The largest absolute Gasteiger partial charge is 0.593 e. The first-order valence-electron chi connectivity index (χ1n) is 7.68. The van der Waals surface area contributed by atoms with Gasteiger partial charge in [0.25, 0.3) is 5.91 Å². The number of carbonyl (C=O) groups is 1. The summed E-state index contributed by atoms with van der Waals surface area (Å²) in [4.78, 5) is 12.3. The first-order chi connectivity index (χ1) is 10.3.